The number of hydrogen-bond donors (Lipinski definition) is 2. The van der Waals surface area contributed by atoms with Crippen LogP contribution in [0.15, 0.2) is 36.4 Å². The molecule has 0 heterocycles. The lowest BCUT2D eigenvalue weighted by molar-refractivity contribution is -0.116. The summed E-state index contributed by atoms with van der Waals surface area (Å²) in [5.74, 6) is -0.761. The molecule has 2 aromatic carbocycles. The largest absolute Gasteiger partial charge is 0.496 e. The molecule has 0 aliphatic carbocycles. The lowest BCUT2D eigenvalue weighted by Crippen LogP contribution is -2.21. The van der Waals surface area contributed by atoms with Gasteiger partial charge in [0, 0.05) is 17.7 Å². The van der Waals surface area contributed by atoms with E-state index in [1.807, 2.05) is 26.8 Å². The standard InChI is InChI=1S/C28H37NO5/c1-7-8-9-10-20(22-13-11-19(18(2)30)16-25(22)34-6)17-26(31)29-24-15-21(27(32)33)12-14-23(24)28(3,4)5/h11-16,20H,7-10,17H2,1-6H3,(H,29,31)(H,32,33). The average Bonchev–Trinajstić information content (AvgIpc) is 2.77. The summed E-state index contributed by atoms with van der Waals surface area (Å²) >= 11 is 0. The lowest BCUT2D eigenvalue weighted by Gasteiger charge is -2.25. The van der Waals surface area contributed by atoms with Crippen molar-refractivity contribution in [2.45, 2.75) is 78.1 Å². The number of nitrogens with one attached hydrogen (secondary N) is 1. The number of ether oxygens (including phenoxy) is 1. The monoisotopic (exact) mass is 467 g/mol. The maximum atomic E-state index is 13.2. The molecule has 1 unspecified atom stereocenters. The predicted octanol–water partition coefficient (Wildman–Crippen LogP) is 6.59. The van der Waals surface area contributed by atoms with Gasteiger partial charge >= 0.3 is 5.97 Å². The number of ketones is 1. The van der Waals surface area contributed by atoms with Crippen LogP contribution in [0.5, 0.6) is 5.75 Å². The van der Waals surface area contributed by atoms with Crippen LogP contribution in [0.2, 0.25) is 0 Å². The number of carbonyl (C=O) groups is 3. The molecule has 0 saturated carbocycles. The van der Waals surface area contributed by atoms with E-state index in [1.54, 1.807) is 31.4 Å². The molecule has 2 aromatic rings. The maximum Gasteiger partial charge on any atom is 0.335 e. The second-order valence-corrected chi connectivity index (χ2v) is 9.77. The lowest BCUT2D eigenvalue weighted by atomic mass is 9.84. The zero-order valence-electron chi connectivity index (χ0n) is 21.2. The molecule has 0 aromatic heterocycles. The first-order chi connectivity index (χ1) is 16.0. The summed E-state index contributed by atoms with van der Waals surface area (Å²) in [5, 5.41) is 12.4. The van der Waals surface area contributed by atoms with Crippen molar-refractivity contribution >= 4 is 23.3 Å². The number of amides is 1. The van der Waals surface area contributed by atoms with Gasteiger partial charge in [-0.15, -0.1) is 0 Å². The number of carboxylic acids is 1. The molecule has 0 bridgehead atoms. The highest BCUT2D eigenvalue weighted by atomic mass is 16.5. The highest BCUT2D eigenvalue weighted by Gasteiger charge is 2.24. The Morgan fingerprint density at radius 2 is 1.71 bits per heavy atom. The van der Waals surface area contributed by atoms with E-state index >= 15 is 0 Å². The molecule has 0 fully saturated rings. The first-order valence-electron chi connectivity index (χ1n) is 11.8. The van der Waals surface area contributed by atoms with Gasteiger partial charge in [0.2, 0.25) is 5.91 Å². The Labute approximate surface area is 202 Å². The van der Waals surface area contributed by atoms with Gasteiger partial charge in [-0.25, -0.2) is 4.79 Å². The van der Waals surface area contributed by atoms with Crippen LogP contribution in [0.25, 0.3) is 0 Å². The number of anilines is 1. The van der Waals surface area contributed by atoms with Gasteiger partial charge in [0.05, 0.1) is 12.7 Å². The van der Waals surface area contributed by atoms with Crippen LogP contribution >= 0.6 is 0 Å². The molecule has 0 aliphatic heterocycles. The number of aromatic carboxylic acids is 1. The molecule has 1 atom stereocenters. The number of hydrogen-bond acceptors (Lipinski definition) is 4. The third kappa shape index (κ3) is 7.17. The smallest absolute Gasteiger partial charge is 0.335 e. The molecule has 2 N–H and O–H groups in total. The summed E-state index contributed by atoms with van der Waals surface area (Å²) in [6.45, 7) is 9.71. The topological polar surface area (TPSA) is 92.7 Å². The van der Waals surface area contributed by atoms with Crippen LogP contribution in [0.3, 0.4) is 0 Å². The van der Waals surface area contributed by atoms with Crippen molar-refractivity contribution in [2.24, 2.45) is 0 Å². The van der Waals surface area contributed by atoms with Crippen molar-refractivity contribution in [1.82, 2.24) is 0 Å². The fraction of sp³-hybridized carbons (Fsp3) is 0.464. The third-order valence-corrected chi connectivity index (χ3v) is 6.02. The summed E-state index contributed by atoms with van der Waals surface area (Å²) < 4.78 is 5.58. The zero-order chi connectivity index (χ0) is 25.5. The summed E-state index contributed by atoms with van der Waals surface area (Å²) in [6.07, 6.45) is 4.11. The van der Waals surface area contributed by atoms with Crippen molar-refractivity contribution < 1.29 is 24.2 Å². The summed E-state index contributed by atoms with van der Waals surface area (Å²) in [6, 6.07) is 10.2. The van der Waals surface area contributed by atoms with Gasteiger partial charge in [-0.1, -0.05) is 65.2 Å². The highest BCUT2D eigenvalue weighted by molar-refractivity contribution is 5.96. The first kappa shape index (κ1) is 27.1. The van der Waals surface area contributed by atoms with Crippen molar-refractivity contribution in [3.63, 3.8) is 0 Å². The average molecular weight is 468 g/mol. The van der Waals surface area contributed by atoms with E-state index in [1.165, 1.54) is 13.0 Å². The molecular formula is C28H37NO5. The molecule has 1 amide bonds. The molecule has 0 aliphatic rings. The van der Waals surface area contributed by atoms with Crippen LogP contribution in [0.1, 0.15) is 104 Å². The van der Waals surface area contributed by atoms with Crippen LogP contribution in [-0.2, 0) is 10.2 Å². The SMILES string of the molecule is CCCCCC(CC(=O)Nc1cc(C(=O)O)ccc1C(C)(C)C)c1ccc(C(C)=O)cc1OC. The zero-order valence-corrected chi connectivity index (χ0v) is 21.2. The van der Waals surface area contributed by atoms with Crippen LogP contribution < -0.4 is 10.1 Å². The minimum Gasteiger partial charge on any atom is -0.496 e. The Bertz CT molecular complexity index is 1040. The molecule has 0 spiro atoms. The summed E-state index contributed by atoms with van der Waals surface area (Å²) in [5.41, 5.74) is 2.71. The quantitative estimate of drug-likeness (QED) is 0.287. The van der Waals surface area contributed by atoms with E-state index in [0.717, 1.165) is 36.8 Å². The predicted molar refractivity (Wildman–Crippen MR) is 135 cm³/mol. The van der Waals surface area contributed by atoms with Gasteiger partial charge in [-0.05, 0) is 54.0 Å². The Balaban J connectivity index is 2.36. The minimum absolute atomic E-state index is 0.0434. The van der Waals surface area contributed by atoms with Crippen LogP contribution in [-0.4, -0.2) is 29.9 Å². The fourth-order valence-electron chi connectivity index (χ4n) is 4.14. The van der Waals surface area contributed by atoms with Gasteiger partial charge in [0.15, 0.2) is 5.78 Å². The number of benzene rings is 2. The van der Waals surface area contributed by atoms with E-state index in [4.69, 9.17) is 4.74 Å². The van der Waals surface area contributed by atoms with Crippen molar-refractivity contribution in [3.8, 4) is 5.75 Å². The third-order valence-electron chi connectivity index (χ3n) is 6.02. The fourth-order valence-corrected chi connectivity index (χ4v) is 4.14. The second-order valence-electron chi connectivity index (χ2n) is 9.77. The summed E-state index contributed by atoms with van der Waals surface area (Å²) in [4.78, 5) is 36.5. The number of carbonyl (C=O) groups excluding carboxylic acids is 2. The Morgan fingerprint density at radius 1 is 1.03 bits per heavy atom. The van der Waals surface area contributed by atoms with Gasteiger partial charge in [0.1, 0.15) is 5.75 Å². The van der Waals surface area contributed by atoms with Crippen LogP contribution in [0.4, 0.5) is 5.69 Å². The van der Waals surface area contributed by atoms with E-state index in [-0.39, 0.29) is 35.0 Å². The number of carboxylic acid groups (broad SMARTS) is 1. The summed E-state index contributed by atoms with van der Waals surface area (Å²) in [7, 11) is 1.57. The maximum absolute atomic E-state index is 13.2. The second kappa shape index (κ2) is 11.8. The molecular weight excluding hydrogens is 430 g/mol. The van der Waals surface area contributed by atoms with E-state index in [0.29, 0.717) is 17.0 Å². The molecule has 184 valence electrons. The molecule has 0 saturated heterocycles. The van der Waals surface area contributed by atoms with Gasteiger partial charge < -0.3 is 15.2 Å². The Hall–Kier alpha value is -3.15. The normalized spacial score (nSPS) is 12.2. The number of methoxy groups -OCH3 is 1. The molecule has 6 nitrogen and oxygen atoms in total. The molecule has 0 radical (unpaired) electrons. The van der Waals surface area contributed by atoms with Crippen LogP contribution in [0, 0.1) is 0 Å². The molecule has 6 heteroatoms. The highest BCUT2D eigenvalue weighted by Crippen LogP contribution is 2.35. The van der Waals surface area contributed by atoms with Crippen molar-refractivity contribution in [2.75, 3.05) is 12.4 Å². The van der Waals surface area contributed by atoms with Gasteiger partial charge in [-0.2, -0.15) is 0 Å². The number of Topliss-reactive ketones (excluding diaryl/α,β-unsaturated/α-hetero) is 1. The number of unbranched alkanes of at least 4 members (excludes halogenated alkanes) is 2. The minimum atomic E-state index is -1.04. The van der Waals surface area contributed by atoms with E-state index < -0.39 is 5.97 Å². The van der Waals surface area contributed by atoms with Gasteiger partial charge in [0.25, 0.3) is 0 Å². The van der Waals surface area contributed by atoms with Crippen molar-refractivity contribution in [3.05, 3.63) is 58.7 Å². The van der Waals surface area contributed by atoms with E-state index in [9.17, 15) is 19.5 Å². The van der Waals surface area contributed by atoms with E-state index in [2.05, 4.69) is 12.2 Å². The Kier molecular flexibility index (Phi) is 9.42. The first-order valence-corrected chi connectivity index (χ1v) is 11.8. The Morgan fingerprint density at radius 3 is 2.26 bits per heavy atom. The number of rotatable bonds is 11. The molecule has 34 heavy (non-hydrogen) atoms. The molecule has 2 rings (SSSR count). The van der Waals surface area contributed by atoms with Gasteiger partial charge in [-0.3, -0.25) is 9.59 Å². The van der Waals surface area contributed by atoms with Crippen molar-refractivity contribution in [1.29, 1.82) is 0 Å².